The molecule has 0 aliphatic carbocycles. The largest absolute Gasteiger partial charge is 0.254 e. The minimum Gasteiger partial charge on any atom is -0.254 e. The highest BCUT2D eigenvalue weighted by Crippen LogP contribution is 2.27. The Bertz CT molecular complexity index is 440. The van der Waals surface area contributed by atoms with Crippen molar-refractivity contribution in [3.8, 4) is 11.1 Å². The number of benzene rings is 1. The second-order valence-corrected chi connectivity index (χ2v) is 3.62. The third-order valence-electron chi connectivity index (χ3n) is 1.87. The summed E-state index contributed by atoms with van der Waals surface area (Å²) in [6.45, 7) is 0. The van der Waals surface area contributed by atoms with Crippen molar-refractivity contribution in [1.82, 2.24) is 4.98 Å². The minimum atomic E-state index is 0.553. The molecule has 1 radical (unpaired) electrons. The van der Waals surface area contributed by atoms with E-state index in [4.69, 9.17) is 23.2 Å². The molecule has 0 unspecified atom stereocenters. The number of nitrogens with zero attached hydrogens (tertiary/aromatic N) is 1. The molecule has 0 aliphatic rings. The summed E-state index contributed by atoms with van der Waals surface area (Å²) in [4.78, 5) is 3.91. The van der Waals surface area contributed by atoms with E-state index in [9.17, 15) is 0 Å². The maximum absolute atomic E-state index is 5.90. The van der Waals surface area contributed by atoms with Crippen LogP contribution in [0.2, 0.25) is 10.0 Å². The quantitative estimate of drug-likeness (QED) is 0.715. The molecule has 0 N–H and O–H groups in total. The maximum Gasteiger partial charge on any atom is 0.0886 e. The zero-order chi connectivity index (χ0) is 9.97. The number of hydrogen-bond acceptors (Lipinski definition) is 1. The molecule has 1 nitrogen and oxygen atoms in total. The van der Waals surface area contributed by atoms with Crippen LogP contribution in [-0.4, -0.2) is 4.98 Å². The van der Waals surface area contributed by atoms with Gasteiger partial charge in [-0.1, -0.05) is 35.3 Å². The van der Waals surface area contributed by atoms with Gasteiger partial charge in [-0.05, 0) is 23.8 Å². The number of rotatable bonds is 1. The Kier molecular flexibility index (Phi) is 2.71. The smallest absolute Gasteiger partial charge is 0.0886 e. The molecular weight excluding hydrogens is 217 g/mol. The van der Waals surface area contributed by atoms with E-state index in [0.29, 0.717) is 10.0 Å². The van der Waals surface area contributed by atoms with Gasteiger partial charge < -0.3 is 0 Å². The Labute approximate surface area is 92.3 Å². The van der Waals surface area contributed by atoms with Gasteiger partial charge in [-0.25, -0.2) is 0 Å². The molecule has 0 spiro atoms. The van der Waals surface area contributed by atoms with Gasteiger partial charge in [0.15, 0.2) is 0 Å². The van der Waals surface area contributed by atoms with Crippen LogP contribution in [0.3, 0.4) is 0 Å². The first kappa shape index (κ1) is 9.50. The molecule has 0 bridgehead atoms. The van der Waals surface area contributed by atoms with Crippen LogP contribution in [0.15, 0.2) is 36.5 Å². The standard InChI is InChI=1S/C11H6Cl2N/c12-10-4-3-8(6-11(10)13)9-2-1-5-14-7-9/h1-4,6-7H. The lowest BCUT2D eigenvalue weighted by atomic mass is 10.1. The topological polar surface area (TPSA) is 12.9 Å². The normalized spacial score (nSPS) is 10.1. The summed E-state index contributed by atoms with van der Waals surface area (Å²) >= 11 is 11.7. The van der Waals surface area contributed by atoms with Crippen molar-refractivity contribution >= 4 is 23.2 Å². The fraction of sp³-hybridized carbons (Fsp3) is 0. The zero-order valence-electron chi connectivity index (χ0n) is 7.17. The first-order chi connectivity index (χ1) is 6.77. The summed E-state index contributed by atoms with van der Waals surface area (Å²) < 4.78 is 0. The van der Waals surface area contributed by atoms with E-state index in [1.54, 1.807) is 18.3 Å². The molecule has 1 heterocycles. The van der Waals surface area contributed by atoms with Crippen LogP contribution in [-0.2, 0) is 0 Å². The highest BCUT2D eigenvalue weighted by atomic mass is 35.5. The molecule has 0 amide bonds. The Morgan fingerprint density at radius 2 is 1.86 bits per heavy atom. The molecule has 14 heavy (non-hydrogen) atoms. The Balaban J connectivity index is 2.48. The third-order valence-corrected chi connectivity index (χ3v) is 2.61. The lowest BCUT2D eigenvalue weighted by Gasteiger charge is -2.01. The van der Waals surface area contributed by atoms with Gasteiger partial charge in [-0.3, -0.25) is 4.98 Å². The van der Waals surface area contributed by atoms with Crippen molar-refractivity contribution in [3.63, 3.8) is 0 Å². The Morgan fingerprint density at radius 1 is 1.00 bits per heavy atom. The summed E-state index contributed by atoms with van der Waals surface area (Å²) in [5, 5.41) is 1.11. The maximum atomic E-state index is 5.90. The van der Waals surface area contributed by atoms with Gasteiger partial charge in [0, 0.05) is 11.8 Å². The van der Waals surface area contributed by atoms with Crippen molar-refractivity contribution < 1.29 is 0 Å². The summed E-state index contributed by atoms with van der Waals surface area (Å²) in [7, 11) is 0. The van der Waals surface area contributed by atoms with Crippen molar-refractivity contribution in [2.45, 2.75) is 0 Å². The molecule has 0 aliphatic heterocycles. The van der Waals surface area contributed by atoms with Crippen LogP contribution in [0.25, 0.3) is 11.1 Å². The van der Waals surface area contributed by atoms with Crippen molar-refractivity contribution in [1.29, 1.82) is 0 Å². The second-order valence-electron chi connectivity index (χ2n) is 2.80. The summed E-state index contributed by atoms with van der Waals surface area (Å²) in [6.07, 6.45) is 4.46. The number of hydrogen-bond donors (Lipinski definition) is 0. The molecule has 3 heteroatoms. The minimum absolute atomic E-state index is 0.553. The lowest BCUT2D eigenvalue weighted by Crippen LogP contribution is -1.79. The molecule has 2 rings (SSSR count). The molecule has 0 fully saturated rings. The predicted octanol–water partition coefficient (Wildman–Crippen LogP) is 3.86. The summed E-state index contributed by atoms with van der Waals surface area (Å²) in [5.74, 6) is 0. The zero-order valence-corrected chi connectivity index (χ0v) is 8.68. The Morgan fingerprint density at radius 3 is 2.50 bits per heavy atom. The van der Waals surface area contributed by atoms with E-state index < -0.39 is 0 Å². The summed E-state index contributed by atoms with van der Waals surface area (Å²) in [6, 6.07) is 9.19. The van der Waals surface area contributed by atoms with E-state index in [-0.39, 0.29) is 0 Å². The molecule has 0 atom stereocenters. The van der Waals surface area contributed by atoms with Gasteiger partial charge in [-0.15, -0.1) is 0 Å². The highest BCUT2D eigenvalue weighted by Gasteiger charge is 2.01. The van der Waals surface area contributed by atoms with Gasteiger partial charge in [0.05, 0.1) is 16.2 Å². The van der Waals surface area contributed by atoms with Crippen LogP contribution in [0, 0.1) is 6.20 Å². The van der Waals surface area contributed by atoms with E-state index in [1.165, 1.54) is 0 Å². The molecule has 1 aromatic carbocycles. The van der Waals surface area contributed by atoms with E-state index in [2.05, 4.69) is 11.2 Å². The SMILES string of the molecule is Clc1ccc(-c2cc[c]nc2)cc1Cl. The second kappa shape index (κ2) is 3.99. The summed E-state index contributed by atoms with van der Waals surface area (Å²) in [5.41, 5.74) is 2.00. The first-order valence-corrected chi connectivity index (χ1v) is 4.80. The van der Waals surface area contributed by atoms with E-state index in [0.717, 1.165) is 11.1 Å². The van der Waals surface area contributed by atoms with Gasteiger partial charge in [0.2, 0.25) is 0 Å². The van der Waals surface area contributed by atoms with Gasteiger partial charge >= 0.3 is 0 Å². The van der Waals surface area contributed by atoms with E-state index >= 15 is 0 Å². The average Bonchev–Trinajstić information content (AvgIpc) is 2.23. The van der Waals surface area contributed by atoms with Crippen LogP contribution >= 0.6 is 23.2 Å². The van der Waals surface area contributed by atoms with Crippen molar-refractivity contribution in [2.24, 2.45) is 0 Å². The van der Waals surface area contributed by atoms with Crippen molar-refractivity contribution in [3.05, 3.63) is 52.8 Å². The van der Waals surface area contributed by atoms with Crippen LogP contribution in [0.5, 0.6) is 0 Å². The molecule has 2 aromatic rings. The lowest BCUT2D eigenvalue weighted by molar-refractivity contribution is 1.31. The van der Waals surface area contributed by atoms with Crippen LogP contribution in [0.4, 0.5) is 0 Å². The molecular formula is C11H6Cl2N. The van der Waals surface area contributed by atoms with Gasteiger partial charge in [0.25, 0.3) is 0 Å². The third kappa shape index (κ3) is 1.89. The van der Waals surface area contributed by atoms with Gasteiger partial charge in [0.1, 0.15) is 0 Å². The molecule has 0 saturated carbocycles. The van der Waals surface area contributed by atoms with Gasteiger partial charge in [-0.2, -0.15) is 0 Å². The van der Waals surface area contributed by atoms with Crippen molar-refractivity contribution in [2.75, 3.05) is 0 Å². The molecule has 69 valence electrons. The molecule has 1 aromatic heterocycles. The average molecular weight is 223 g/mol. The number of pyridine rings is 1. The molecule has 0 saturated heterocycles. The monoisotopic (exact) mass is 222 g/mol. The fourth-order valence-electron chi connectivity index (χ4n) is 1.17. The van der Waals surface area contributed by atoms with E-state index in [1.807, 2.05) is 18.2 Å². The van der Waals surface area contributed by atoms with Crippen LogP contribution < -0.4 is 0 Å². The Hall–Kier alpha value is -1.05. The van der Waals surface area contributed by atoms with Crippen LogP contribution in [0.1, 0.15) is 0 Å². The fourth-order valence-corrected chi connectivity index (χ4v) is 1.46. The predicted molar refractivity (Wildman–Crippen MR) is 58.5 cm³/mol. The number of halogens is 2. The highest BCUT2D eigenvalue weighted by molar-refractivity contribution is 6.42. The number of aromatic nitrogens is 1. The first-order valence-electron chi connectivity index (χ1n) is 4.05.